The van der Waals surface area contributed by atoms with Gasteiger partial charge in [0.2, 0.25) is 5.67 Å². The van der Waals surface area contributed by atoms with Crippen LogP contribution in [0.15, 0.2) is 30.6 Å². The predicted molar refractivity (Wildman–Crippen MR) is 71.8 cm³/mol. The number of carbonyl (C=O) groups is 1. The average Bonchev–Trinajstić information content (AvgIpc) is 2.93. The fraction of sp³-hybridized carbons (Fsp3) is 0.357. The maximum Gasteiger partial charge on any atom is 0.428 e. The molecule has 0 aromatic carbocycles. The van der Waals surface area contributed by atoms with Crippen LogP contribution in [0.4, 0.5) is 17.6 Å². The van der Waals surface area contributed by atoms with Crippen molar-refractivity contribution in [2.45, 2.75) is 25.7 Å². The predicted octanol–water partition coefficient (Wildman–Crippen LogP) is 3.19. The number of rotatable bonds is 4. The third kappa shape index (κ3) is 3.17. The number of hydrogen-bond donors (Lipinski definition) is 0. The summed E-state index contributed by atoms with van der Waals surface area (Å²) in [5.41, 5.74) is -5.47. The van der Waals surface area contributed by atoms with Crippen LogP contribution >= 0.6 is 0 Å². The Morgan fingerprint density at radius 2 is 2.00 bits per heavy atom. The van der Waals surface area contributed by atoms with Gasteiger partial charge in [0.05, 0.1) is 6.61 Å². The molecule has 0 aliphatic heterocycles. The van der Waals surface area contributed by atoms with Crippen molar-refractivity contribution >= 4 is 5.97 Å². The highest BCUT2D eigenvalue weighted by Crippen LogP contribution is 2.43. The maximum atomic E-state index is 14.3. The van der Waals surface area contributed by atoms with Crippen molar-refractivity contribution in [2.75, 3.05) is 6.61 Å². The van der Waals surface area contributed by atoms with Gasteiger partial charge in [-0.15, -0.1) is 0 Å². The quantitative estimate of drug-likeness (QED) is 0.638. The molecule has 2 aromatic heterocycles. The van der Waals surface area contributed by atoms with Gasteiger partial charge in [0.15, 0.2) is 5.82 Å². The van der Waals surface area contributed by atoms with Gasteiger partial charge in [-0.05, 0) is 26.0 Å². The van der Waals surface area contributed by atoms with Crippen molar-refractivity contribution in [1.82, 2.24) is 14.8 Å². The number of halogens is 4. The van der Waals surface area contributed by atoms with Crippen molar-refractivity contribution < 1.29 is 27.1 Å². The van der Waals surface area contributed by atoms with Crippen LogP contribution in [0.25, 0.3) is 5.82 Å². The Labute approximate surface area is 128 Å². The van der Waals surface area contributed by atoms with E-state index in [0.29, 0.717) is 6.92 Å². The van der Waals surface area contributed by atoms with Crippen LogP contribution in [-0.4, -0.2) is 33.5 Å². The molecule has 1 unspecified atom stereocenters. The molecule has 0 aliphatic rings. The van der Waals surface area contributed by atoms with E-state index in [-0.39, 0.29) is 12.4 Å². The Morgan fingerprint density at radius 3 is 2.52 bits per heavy atom. The highest BCUT2D eigenvalue weighted by molar-refractivity contribution is 5.90. The summed E-state index contributed by atoms with van der Waals surface area (Å²) in [6.45, 7) is 1.72. The summed E-state index contributed by atoms with van der Waals surface area (Å²) in [4.78, 5) is 15.8. The minimum Gasteiger partial charge on any atom is -0.462 e. The number of alkyl halides is 4. The van der Waals surface area contributed by atoms with Crippen LogP contribution in [0, 0.1) is 0 Å². The van der Waals surface area contributed by atoms with E-state index in [1.807, 2.05) is 0 Å². The number of esters is 1. The Bertz CT molecular complexity index is 696. The number of pyridine rings is 1. The summed E-state index contributed by atoms with van der Waals surface area (Å²) in [5, 5.41) is 3.58. The van der Waals surface area contributed by atoms with Gasteiger partial charge in [-0.3, -0.25) is 0 Å². The molecule has 0 saturated carbocycles. The van der Waals surface area contributed by atoms with Gasteiger partial charge in [0.1, 0.15) is 11.3 Å². The van der Waals surface area contributed by atoms with E-state index in [4.69, 9.17) is 0 Å². The fourth-order valence-electron chi connectivity index (χ4n) is 1.82. The largest absolute Gasteiger partial charge is 0.462 e. The molecule has 5 nitrogen and oxygen atoms in total. The van der Waals surface area contributed by atoms with Gasteiger partial charge in [0.25, 0.3) is 0 Å². The summed E-state index contributed by atoms with van der Waals surface area (Å²) in [6, 6.07) is 4.62. The van der Waals surface area contributed by atoms with E-state index in [0.717, 1.165) is 10.9 Å². The van der Waals surface area contributed by atoms with E-state index in [9.17, 15) is 22.4 Å². The monoisotopic (exact) mass is 331 g/mol. The molecule has 2 aromatic rings. The Kier molecular flexibility index (Phi) is 4.39. The molecule has 9 heteroatoms. The summed E-state index contributed by atoms with van der Waals surface area (Å²) < 4.78 is 58.8. The molecule has 1 atom stereocenters. The second-order valence-electron chi connectivity index (χ2n) is 4.75. The topological polar surface area (TPSA) is 57.0 Å². The van der Waals surface area contributed by atoms with Gasteiger partial charge >= 0.3 is 12.1 Å². The van der Waals surface area contributed by atoms with Crippen LogP contribution in [0.2, 0.25) is 0 Å². The zero-order valence-corrected chi connectivity index (χ0v) is 12.3. The van der Waals surface area contributed by atoms with Crippen LogP contribution in [0.5, 0.6) is 0 Å². The number of ether oxygens (including phenoxy) is 1. The van der Waals surface area contributed by atoms with E-state index in [1.165, 1.54) is 19.2 Å². The average molecular weight is 331 g/mol. The highest BCUT2D eigenvalue weighted by Gasteiger charge is 2.57. The molecule has 23 heavy (non-hydrogen) atoms. The third-order valence-corrected chi connectivity index (χ3v) is 3.07. The van der Waals surface area contributed by atoms with Crippen LogP contribution in [0.3, 0.4) is 0 Å². The lowest BCUT2D eigenvalue weighted by molar-refractivity contribution is -0.230. The number of hydrogen-bond acceptors (Lipinski definition) is 4. The van der Waals surface area contributed by atoms with Gasteiger partial charge in [-0.25, -0.2) is 18.9 Å². The van der Waals surface area contributed by atoms with Crippen LogP contribution in [0.1, 0.15) is 29.9 Å². The molecule has 0 spiro atoms. The minimum absolute atomic E-state index is 0.0674. The molecule has 0 saturated heterocycles. The zero-order chi connectivity index (χ0) is 17.3. The molecule has 2 heterocycles. The van der Waals surface area contributed by atoms with E-state index in [1.54, 1.807) is 12.1 Å². The SMILES string of the molecule is CCOC(=O)c1cn(-c2ccccn2)nc1C(C)(F)C(F)(F)F. The lowest BCUT2D eigenvalue weighted by Crippen LogP contribution is -2.37. The lowest BCUT2D eigenvalue weighted by Gasteiger charge is -2.22. The van der Waals surface area contributed by atoms with Crippen molar-refractivity contribution in [1.29, 1.82) is 0 Å². The smallest absolute Gasteiger partial charge is 0.428 e. The Hall–Kier alpha value is -2.45. The van der Waals surface area contributed by atoms with Crippen molar-refractivity contribution in [3.8, 4) is 5.82 Å². The van der Waals surface area contributed by atoms with E-state index in [2.05, 4.69) is 14.8 Å². The number of aromatic nitrogens is 3. The summed E-state index contributed by atoms with van der Waals surface area (Å²) in [7, 11) is 0. The molecule has 0 aliphatic carbocycles. The number of nitrogens with zero attached hydrogens (tertiary/aromatic N) is 3. The van der Waals surface area contributed by atoms with Gasteiger partial charge in [0, 0.05) is 12.4 Å². The van der Waals surface area contributed by atoms with E-state index >= 15 is 0 Å². The molecule has 0 fully saturated rings. The van der Waals surface area contributed by atoms with Crippen LogP contribution < -0.4 is 0 Å². The second kappa shape index (κ2) is 5.98. The first-order valence-corrected chi connectivity index (χ1v) is 6.62. The summed E-state index contributed by atoms with van der Waals surface area (Å²) >= 11 is 0. The second-order valence-corrected chi connectivity index (χ2v) is 4.75. The van der Waals surface area contributed by atoms with Crippen molar-refractivity contribution in [3.63, 3.8) is 0 Å². The molecule has 0 bridgehead atoms. The summed E-state index contributed by atoms with van der Waals surface area (Å²) in [5.74, 6) is -0.944. The lowest BCUT2D eigenvalue weighted by atomic mass is 10.0. The molecule has 0 amide bonds. The highest BCUT2D eigenvalue weighted by atomic mass is 19.4. The third-order valence-electron chi connectivity index (χ3n) is 3.07. The first-order valence-electron chi connectivity index (χ1n) is 6.62. The molecule has 0 N–H and O–H groups in total. The standard InChI is InChI=1S/C14H13F4N3O2/c1-3-23-12(22)9-8-21(10-6-4-5-7-19-10)20-11(9)13(2,15)14(16,17)18/h4-8H,3H2,1-2H3. The van der Waals surface area contributed by atoms with Gasteiger partial charge < -0.3 is 4.74 Å². The van der Waals surface area contributed by atoms with Crippen molar-refractivity contribution in [3.05, 3.63) is 41.9 Å². The van der Waals surface area contributed by atoms with Crippen LogP contribution in [-0.2, 0) is 10.4 Å². The Morgan fingerprint density at radius 1 is 1.30 bits per heavy atom. The first kappa shape index (κ1) is 16.9. The first-order chi connectivity index (χ1) is 10.7. The number of carbonyl (C=O) groups excluding carboxylic acids is 1. The molecular formula is C14H13F4N3O2. The fourth-order valence-corrected chi connectivity index (χ4v) is 1.82. The minimum atomic E-state index is -5.24. The van der Waals surface area contributed by atoms with E-state index < -0.39 is 29.1 Å². The zero-order valence-electron chi connectivity index (χ0n) is 12.3. The summed E-state index contributed by atoms with van der Waals surface area (Å²) in [6.07, 6.45) is -2.88. The molecule has 0 radical (unpaired) electrons. The van der Waals surface area contributed by atoms with Crippen molar-refractivity contribution in [2.24, 2.45) is 0 Å². The maximum absolute atomic E-state index is 14.3. The van der Waals surface area contributed by atoms with Gasteiger partial charge in [-0.1, -0.05) is 6.07 Å². The molecular weight excluding hydrogens is 318 g/mol. The molecule has 124 valence electrons. The Balaban J connectivity index is 2.60. The normalized spacial score (nSPS) is 14.3. The van der Waals surface area contributed by atoms with Gasteiger partial charge in [-0.2, -0.15) is 18.3 Å². The molecule has 2 rings (SSSR count).